The Labute approximate surface area is 225 Å². The Hall–Kier alpha value is -4.77. The lowest BCUT2D eigenvalue weighted by molar-refractivity contribution is 0.227. The van der Waals surface area contributed by atoms with Gasteiger partial charge in [-0.2, -0.15) is 5.10 Å². The molecule has 0 fully saturated rings. The van der Waals surface area contributed by atoms with Crippen molar-refractivity contribution in [2.45, 2.75) is 26.9 Å². The molecule has 0 radical (unpaired) electrons. The molecule has 1 aromatic carbocycles. The summed E-state index contributed by atoms with van der Waals surface area (Å²) in [5, 5.41) is 9.43. The molecule has 0 saturated carbocycles. The van der Waals surface area contributed by atoms with Crippen LogP contribution in [0.4, 0.5) is 0 Å². The van der Waals surface area contributed by atoms with Gasteiger partial charge in [0.1, 0.15) is 28.3 Å². The Balaban J connectivity index is 1.49. The number of benzene rings is 1. The highest BCUT2D eigenvalue weighted by molar-refractivity contribution is 6.29. The molecule has 12 heteroatoms. The molecule has 1 atom stereocenters. The van der Waals surface area contributed by atoms with E-state index in [1.165, 1.54) is 0 Å². The second-order valence-electron chi connectivity index (χ2n) is 9.18. The smallest absolute Gasteiger partial charge is 0.439 e. The first-order chi connectivity index (χ1) is 18.7. The number of hydrogen-bond acceptors (Lipinski definition) is 9. The maximum absolute atomic E-state index is 13.5. The molecule has 11 nitrogen and oxygen atoms in total. The first-order valence-electron chi connectivity index (χ1n) is 12.0. The van der Waals surface area contributed by atoms with Gasteiger partial charge >= 0.3 is 5.76 Å². The van der Waals surface area contributed by atoms with Crippen molar-refractivity contribution in [3.8, 4) is 28.7 Å². The molecule has 0 saturated heterocycles. The summed E-state index contributed by atoms with van der Waals surface area (Å²) in [5.74, 6) is -0.0102. The number of ether oxygens (including phenoxy) is 1. The summed E-state index contributed by atoms with van der Waals surface area (Å²) in [5.41, 5.74) is 3.54. The number of fused-ring (bicyclic) bond motifs is 2. The van der Waals surface area contributed by atoms with Gasteiger partial charge in [0.05, 0.1) is 11.6 Å². The summed E-state index contributed by atoms with van der Waals surface area (Å²) in [6.45, 7) is 5.44. The normalized spacial score (nSPS) is 12.3. The van der Waals surface area contributed by atoms with Gasteiger partial charge in [-0.15, -0.1) is 0 Å². The van der Waals surface area contributed by atoms with Gasteiger partial charge in [0.15, 0.2) is 22.5 Å². The zero-order chi connectivity index (χ0) is 27.4. The molecule has 1 N–H and O–H groups in total. The van der Waals surface area contributed by atoms with E-state index in [4.69, 9.17) is 25.7 Å². The van der Waals surface area contributed by atoms with Gasteiger partial charge in [-0.25, -0.2) is 14.8 Å². The van der Waals surface area contributed by atoms with Crippen LogP contribution in [0.25, 0.3) is 45.0 Å². The number of H-pyrrole nitrogens is 1. The number of pyridine rings is 2. The molecule has 0 amide bonds. The van der Waals surface area contributed by atoms with E-state index < -0.39 is 11.9 Å². The molecule has 39 heavy (non-hydrogen) atoms. The van der Waals surface area contributed by atoms with E-state index in [0.717, 1.165) is 10.9 Å². The van der Waals surface area contributed by atoms with Crippen molar-refractivity contribution in [3.05, 3.63) is 85.2 Å². The average Bonchev–Trinajstić information content (AvgIpc) is 3.52. The van der Waals surface area contributed by atoms with Crippen molar-refractivity contribution in [2.24, 2.45) is 7.05 Å². The van der Waals surface area contributed by atoms with Crippen LogP contribution in [0.15, 0.2) is 61.1 Å². The lowest BCUT2D eigenvalue weighted by Gasteiger charge is -2.19. The molecular weight excluding hydrogens is 524 g/mol. The standard InChI is InChI=1S/C27H21ClN6O5/c1-12-9-16(14(3)37-19-7-8-20(28)31-21(19)25-32-27(36)39-33-25)24-17(10-12)22(35)13(2)23(38-24)18-6-5-15-11-29-34(4)26(15)30-18/h5-11,14H,1-4H3,(H,32,33,36)/t14-/m1/s1. The van der Waals surface area contributed by atoms with Crippen LogP contribution in [0.2, 0.25) is 5.15 Å². The predicted octanol–water partition coefficient (Wildman–Crippen LogP) is 4.89. The van der Waals surface area contributed by atoms with Gasteiger partial charge in [-0.05, 0) is 62.7 Å². The number of aryl methyl sites for hydroxylation is 2. The van der Waals surface area contributed by atoms with Crippen LogP contribution in [0.1, 0.15) is 29.7 Å². The number of aromatic nitrogens is 6. The highest BCUT2D eigenvalue weighted by Gasteiger charge is 2.23. The summed E-state index contributed by atoms with van der Waals surface area (Å²) in [4.78, 5) is 36.5. The summed E-state index contributed by atoms with van der Waals surface area (Å²) in [7, 11) is 1.80. The lowest BCUT2D eigenvalue weighted by atomic mass is 10.0. The monoisotopic (exact) mass is 544 g/mol. The van der Waals surface area contributed by atoms with E-state index in [0.29, 0.717) is 44.9 Å². The Morgan fingerprint density at radius 1 is 1.10 bits per heavy atom. The number of halogens is 1. The summed E-state index contributed by atoms with van der Waals surface area (Å²) < 4.78 is 19.0. The lowest BCUT2D eigenvalue weighted by Crippen LogP contribution is -2.12. The van der Waals surface area contributed by atoms with Crippen LogP contribution in [0.5, 0.6) is 5.75 Å². The minimum atomic E-state index is -0.738. The Bertz CT molecular complexity index is 2020. The van der Waals surface area contributed by atoms with Crippen LogP contribution in [0, 0.1) is 13.8 Å². The molecule has 0 spiro atoms. The SMILES string of the molecule is Cc1cc([C@@H](C)Oc2ccc(Cl)nc2-c2noc(=O)[nH]2)c2oc(-c3ccc4cnn(C)c4n3)c(C)c(=O)c2c1. The predicted molar refractivity (Wildman–Crippen MR) is 144 cm³/mol. The highest BCUT2D eigenvalue weighted by Crippen LogP contribution is 2.35. The van der Waals surface area contributed by atoms with Crippen molar-refractivity contribution in [1.29, 1.82) is 0 Å². The summed E-state index contributed by atoms with van der Waals surface area (Å²) in [6, 6.07) is 10.6. The van der Waals surface area contributed by atoms with Gasteiger partial charge in [-0.1, -0.05) is 16.8 Å². The molecule has 0 aliphatic carbocycles. The Kier molecular flexibility index (Phi) is 5.80. The van der Waals surface area contributed by atoms with Crippen LogP contribution in [0.3, 0.4) is 0 Å². The topological polar surface area (TPSA) is 142 Å². The van der Waals surface area contributed by atoms with E-state index in [1.807, 2.05) is 26.0 Å². The molecule has 6 aromatic rings. The first-order valence-corrected chi connectivity index (χ1v) is 12.3. The van der Waals surface area contributed by atoms with Crippen LogP contribution >= 0.6 is 11.6 Å². The van der Waals surface area contributed by atoms with Crippen LogP contribution in [-0.4, -0.2) is 29.9 Å². The number of nitrogens with one attached hydrogen (secondary N) is 1. The molecule has 5 aromatic heterocycles. The largest absolute Gasteiger partial charge is 0.483 e. The molecule has 0 aliphatic heterocycles. The van der Waals surface area contributed by atoms with Crippen molar-refractivity contribution >= 4 is 33.6 Å². The fourth-order valence-corrected chi connectivity index (χ4v) is 4.68. The fraction of sp³-hybridized carbons (Fsp3) is 0.185. The Morgan fingerprint density at radius 3 is 2.69 bits per heavy atom. The number of rotatable bonds is 5. The average molecular weight is 545 g/mol. The minimum Gasteiger partial charge on any atom is -0.483 e. The van der Waals surface area contributed by atoms with Crippen molar-refractivity contribution < 1.29 is 13.7 Å². The maximum atomic E-state index is 13.5. The van der Waals surface area contributed by atoms with E-state index in [9.17, 15) is 9.59 Å². The van der Waals surface area contributed by atoms with Crippen molar-refractivity contribution in [2.75, 3.05) is 0 Å². The van der Waals surface area contributed by atoms with E-state index in [-0.39, 0.29) is 22.1 Å². The van der Waals surface area contributed by atoms with Gasteiger partial charge in [0, 0.05) is 23.6 Å². The molecule has 0 unspecified atom stereocenters. The molecule has 0 aliphatic rings. The number of hydrogen-bond donors (Lipinski definition) is 1. The Morgan fingerprint density at radius 2 is 1.92 bits per heavy atom. The zero-order valence-electron chi connectivity index (χ0n) is 21.3. The first kappa shape index (κ1) is 24.6. The maximum Gasteiger partial charge on any atom is 0.439 e. The third-order valence-electron chi connectivity index (χ3n) is 6.44. The molecule has 5 heterocycles. The quantitative estimate of drug-likeness (QED) is 0.300. The second-order valence-corrected chi connectivity index (χ2v) is 9.57. The van der Waals surface area contributed by atoms with Gasteiger partial charge < -0.3 is 9.15 Å². The van der Waals surface area contributed by atoms with E-state index >= 15 is 0 Å². The highest BCUT2D eigenvalue weighted by atomic mass is 35.5. The van der Waals surface area contributed by atoms with Gasteiger partial charge in [-0.3, -0.25) is 19.0 Å². The van der Waals surface area contributed by atoms with Crippen molar-refractivity contribution in [1.82, 2.24) is 29.9 Å². The molecule has 0 bridgehead atoms. The number of aromatic amines is 1. The fourth-order valence-electron chi connectivity index (χ4n) is 4.54. The molecular formula is C27H21ClN6O5. The minimum absolute atomic E-state index is 0.0693. The van der Waals surface area contributed by atoms with Crippen molar-refractivity contribution in [3.63, 3.8) is 0 Å². The summed E-state index contributed by atoms with van der Waals surface area (Å²) >= 11 is 6.09. The molecule has 6 rings (SSSR count). The van der Waals surface area contributed by atoms with Crippen LogP contribution in [-0.2, 0) is 7.05 Å². The third kappa shape index (κ3) is 4.26. The third-order valence-corrected chi connectivity index (χ3v) is 6.65. The van der Waals surface area contributed by atoms with Gasteiger partial charge in [0.25, 0.3) is 0 Å². The van der Waals surface area contributed by atoms with Crippen LogP contribution < -0.4 is 15.9 Å². The van der Waals surface area contributed by atoms with E-state index in [2.05, 4.69) is 24.7 Å². The van der Waals surface area contributed by atoms with E-state index in [1.54, 1.807) is 49.1 Å². The molecule has 196 valence electrons. The zero-order valence-corrected chi connectivity index (χ0v) is 22.0. The number of nitrogens with zero attached hydrogens (tertiary/aromatic N) is 5. The summed E-state index contributed by atoms with van der Waals surface area (Å²) in [6.07, 6.45) is 1.11. The van der Waals surface area contributed by atoms with Gasteiger partial charge in [0.2, 0.25) is 5.82 Å². The second kappa shape index (κ2) is 9.21.